The highest BCUT2D eigenvalue weighted by Gasteiger charge is 2.25. The minimum atomic E-state index is 0.0201. The van der Waals surface area contributed by atoms with E-state index in [1.54, 1.807) is 6.26 Å². The van der Waals surface area contributed by atoms with Crippen molar-refractivity contribution in [1.82, 2.24) is 20.0 Å². The lowest BCUT2D eigenvalue weighted by molar-refractivity contribution is -0.00820. The summed E-state index contributed by atoms with van der Waals surface area (Å²) in [4.78, 5) is 7.06. The molecule has 0 aromatic carbocycles. The van der Waals surface area contributed by atoms with Gasteiger partial charge in [0, 0.05) is 44.4 Å². The first kappa shape index (κ1) is 17.5. The van der Waals surface area contributed by atoms with Crippen LogP contribution in [0.1, 0.15) is 31.3 Å². The second-order valence-corrected chi connectivity index (χ2v) is 6.59. The van der Waals surface area contributed by atoms with Crippen molar-refractivity contribution in [2.24, 2.45) is 12.0 Å². The highest BCUT2D eigenvalue weighted by Crippen LogP contribution is 2.21. The van der Waals surface area contributed by atoms with E-state index in [0.717, 1.165) is 36.8 Å². The molecule has 1 aliphatic rings. The fraction of sp³-hybridized carbons (Fsp3) is 0.556. The maximum Gasteiger partial charge on any atom is 0.194 e. The standard InChI is InChI=1S/C18H27N5O2/c1-14(2)21-18(19-7-6-16-5-4-9-24-16)23-8-10-25-17(13-23)15-11-20-22(3)12-15/h4-5,9,11-12,14,17H,6-8,10,13H2,1-3H3,(H,19,21). The van der Waals surface area contributed by atoms with Crippen molar-refractivity contribution < 1.29 is 9.15 Å². The summed E-state index contributed by atoms with van der Waals surface area (Å²) in [5.41, 5.74) is 1.10. The number of aryl methyl sites for hydroxylation is 1. The van der Waals surface area contributed by atoms with E-state index in [2.05, 4.69) is 29.2 Å². The van der Waals surface area contributed by atoms with E-state index < -0.39 is 0 Å². The van der Waals surface area contributed by atoms with Crippen LogP contribution in [-0.2, 0) is 18.2 Å². The molecule has 7 heteroatoms. The van der Waals surface area contributed by atoms with Crippen LogP contribution in [0.3, 0.4) is 0 Å². The minimum Gasteiger partial charge on any atom is -0.469 e. The van der Waals surface area contributed by atoms with E-state index in [4.69, 9.17) is 14.1 Å². The normalized spacial score (nSPS) is 18.8. The predicted octanol–water partition coefficient (Wildman–Crippen LogP) is 1.98. The smallest absolute Gasteiger partial charge is 0.194 e. The first-order valence-electron chi connectivity index (χ1n) is 8.80. The molecule has 1 saturated heterocycles. The van der Waals surface area contributed by atoms with Crippen molar-refractivity contribution in [3.05, 3.63) is 42.1 Å². The van der Waals surface area contributed by atoms with Gasteiger partial charge in [0.1, 0.15) is 11.9 Å². The van der Waals surface area contributed by atoms with Crippen molar-refractivity contribution in [2.75, 3.05) is 26.2 Å². The SMILES string of the molecule is CC(C)NC(=NCCc1ccco1)N1CCOC(c2cnn(C)c2)C1. The van der Waals surface area contributed by atoms with Crippen molar-refractivity contribution in [2.45, 2.75) is 32.4 Å². The number of nitrogens with one attached hydrogen (secondary N) is 1. The zero-order valence-corrected chi connectivity index (χ0v) is 15.2. The zero-order valence-electron chi connectivity index (χ0n) is 15.2. The first-order valence-corrected chi connectivity index (χ1v) is 8.80. The van der Waals surface area contributed by atoms with Crippen molar-refractivity contribution >= 4 is 5.96 Å². The third kappa shape index (κ3) is 4.85. The highest BCUT2D eigenvalue weighted by molar-refractivity contribution is 5.80. The quantitative estimate of drug-likeness (QED) is 0.663. The molecule has 1 N–H and O–H groups in total. The Kier molecular flexibility index (Phi) is 5.75. The number of morpholine rings is 1. The summed E-state index contributed by atoms with van der Waals surface area (Å²) >= 11 is 0. The van der Waals surface area contributed by atoms with Gasteiger partial charge in [0.25, 0.3) is 0 Å². The second-order valence-electron chi connectivity index (χ2n) is 6.59. The van der Waals surface area contributed by atoms with Crippen LogP contribution in [0.2, 0.25) is 0 Å². The lowest BCUT2D eigenvalue weighted by Crippen LogP contribution is -2.50. The summed E-state index contributed by atoms with van der Waals surface area (Å²) in [7, 11) is 1.92. The van der Waals surface area contributed by atoms with Crippen LogP contribution < -0.4 is 5.32 Å². The molecular weight excluding hydrogens is 318 g/mol. The Balaban J connectivity index is 1.66. The van der Waals surface area contributed by atoms with Gasteiger partial charge in [-0.2, -0.15) is 5.10 Å². The van der Waals surface area contributed by atoms with Gasteiger partial charge in [-0.15, -0.1) is 0 Å². The van der Waals surface area contributed by atoms with Gasteiger partial charge in [-0.25, -0.2) is 0 Å². The number of rotatable bonds is 5. The molecule has 2 aromatic rings. The number of guanidine groups is 1. The van der Waals surface area contributed by atoms with Crippen LogP contribution in [-0.4, -0.2) is 52.9 Å². The molecule has 1 fully saturated rings. The van der Waals surface area contributed by atoms with Crippen LogP contribution in [0.25, 0.3) is 0 Å². The fourth-order valence-corrected chi connectivity index (χ4v) is 2.87. The molecule has 0 spiro atoms. The molecule has 3 rings (SSSR count). The predicted molar refractivity (Wildman–Crippen MR) is 96.5 cm³/mol. The van der Waals surface area contributed by atoms with Gasteiger partial charge in [-0.1, -0.05) is 0 Å². The summed E-state index contributed by atoms with van der Waals surface area (Å²) < 4.78 is 13.1. The van der Waals surface area contributed by atoms with Crippen LogP contribution in [0, 0.1) is 0 Å². The second kappa shape index (κ2) is 8.20. The number of hydrogen-bond acceptors (Lipinski definition) is 4. The van der Waals surface area contributed by atoms with Crippen LogP contribution in [0.5, 0.6) is 0 Å². The largest absolute Gasteiger partial charge is 0.469 e. The van der Waals surface area contributed by atoms with Gasteiger partial charge in [0.05, 0.1) is 25.6 Å². The maximum absolute atomic E-state index is 5.93. The van der Waals surface area contributed by atoms with E-state index >= 15 is 0 Å². The number of furan rings is 1. The monoisotopic (exact) mass is 345 g/mol. The summed E-state index contributed by atoms with van der Waals surface area (Å²) in [6, 6.07) is 4.22. The Hall–Kier alpha value is -2.28. The van der Waals surface area contributed by atoms with Crippen LogP contribution in [0.4, 0.5) is 0 Å². The first-order chi connectivity index (χ1) is 12.1. The molecule has 1 atom stereocenters. The van der Waals surface area contributed by atoms with Crippen molar-refractivity contribution in [1.29, 1.82) is 0 Å². The fourth-order valence-electron chi connectivity index (χ4n) is 2.87. The molecule has 0 bridgehead atoms. The number of nitrogens with zero attached hydrogens (tertiary/aromatic N) is 4. The number of hydrogen-bond donors (Lipinski definition) is 1. The minimum absolute atomic E-state index is 0.0201. The maximum atomic E-state index is 5.93. The number of aromatic nitrogens is 2. The summed E-state index contributed by atoms with van der Waals surface area (Å²) in [6.45, 7) is 7.22. The zero-order chi connectivity index (χ0) is 17.6. The molecule has 0 radical (unpaired) electrons. The lowest BCUT2D eigenvalue weighted by atomic mass is 10.1. The third-order valence-electron chi connectivity index (χ3n) is 4.08. The topological polar surface area (TPSA) is 67.8 Å². The molecule has 1 aliphatic heterocycles. The van der Waals surface area contributed by atoms with Crippen molar-refractivity contribution in [3.8, 4) is 0 Å². The average molecular weight is 345 g/mol. The summed E-state index contributed by atoms with van der Waals surface area (Å²) in [5.74, 6) is 1.89. The van der Waals surface area contributed by atoms with Crippen molar-refractivity contribution in [3.63, 3.8) is 0 Å². The Morgan fingerprint density at radius 3 is 3.04 bits per heavy atom. The molecule has 3 heterocycles. The van der Waals surface area contributed by atoms with Gasteiger partial charge >= 0.3 is 0 Å². The van der Waals surface area contributed by atoms with E-state index in [9.17, 15) is 0 Å². The molecule has 25 heavy (non-hydrogen) atoms. The average Bonchev–Trinajstić information content (AvgIpc) is 3.25. The van der Waals surface area contributed by atoms with Gasteiger partial charge < -0.3 is 19.4 Å². The number of ether oxygens (including phenoxy) is 1. The molecule has 0 amide bonds. The third-order valence-corrected chi connectivity index (χ3v) is 4.08. The van der Waals surface area contributed by atoms with Crippen LogP contribution >= 0.6 is 0 Å². The van der Waals surface area contributed by atoms with E-state index in [-0.39, 0.29) is 6.10 Å². The molecule has 136 valence electrons. The Labute approximate surface area is 148 Å². The Morgan fingerprint density at radius 2 is 2.36 bits per heavy atom. The van der Waals surface area contributed by atoms with E-state index in [1.165, 1.54) is 0 Å². The summed E-state index contributed by atoms with van der Waals surface area (Å²) in [6.07, 6.45) is 6.40. The Morgan fingerprint density at radius 1 is 1.48 bits per heavy atom. The molecule has 2 aromatic heterocycles. The molecule has 0 aliphatic carbocycles. The van der Waals surface area contributed by atoms with Gasteiger partial charge in [-0.3, -0.25) is 9.67 Å². The van der Waals surface area contributed by atoms with E-state index in [1.807, 2.05) is 36.3 Å². The lowest BCUT2D eigenvalue weighted by Gasteiger charge is -2.35. The van der Waals surface area contributed by atoms with Gasteiger partial charge in [0.2, 0.25) is 0 Å². The molecule has 0 saturated carbocycles. The molecule has 7 nitrogen and oxygen atoms in total. The number of aliphatic imine (C=N–C) groups is 1. The van der Waals surface area contributed by atoms with Gasteiger partial charge in [-0.05, 0) is 26.0 Å². The Bertz CT molecular complexity index is 677. The molecule has 1 unspecified atom stereocenters. The summed E-state index contributed by atoms with van der Waals surface area (Å²) in [5, 5.41) is 7.73. The highest BCUT2D eigenvalue weighted by atomic mass is 16.5. The van der Waals surface area contributed by atoms with E-state index in [0.29, 0.717) is 19.2 Å². The van der Waals surface area contributed by atoms with Gasteiger partial charge in [0.15, 0.2) is 5.96 Å². The molecular formula is C18H27N5O2. The van der Waals surface area contributed by atoms with Crippen LogP contribution in [0.15, 0.2) is 40.2 Å².